The van der Waals surface area contributed by atoms with Crippen molar-refractivity contribution in [2.75, 3.05) is 0 Å². The molecule has 23 heavy (non-hydrogen) atoms. The van der Waals surface area contributed by atoms with Gasteiger partial charge in [-0.1, -0.05) is 0 Å². The van der Waals surface area contributed by atoms with E-state index in [1.165, 1.54) is 69.9 Å². The quantitative estimate of drug-likeness (QED) is 0.366. The van der Waals surface area contributed by atoms with Crippen molar-refractivity contribution in [2.45, 2.75) is 76.7 Å². The molecule has 0 aromatic heterocycles. The number of rotatable bonds is 2. The normalized spacial score (nSPS) is 19.6. The standard InChI is InChI=1S/C19H27FNOSe/c20-16-12-14-17(15-13-16)21-19(23)22-18-10-8-6-4-2-1-3-5-7-9-11-18/h12-15,18H,1-11H2. The Morgan fingerprint density at radius 3 is 1.87 bits per heavy atom. The number of nitrogens with zero attached hydrogens (tertiary/aromatic N) is 1. The Bertz CT molecular complexity index is 463. The first-order valence-electron chi connectivity index (χ1n) is 8.92. The van der Waals surface area contributed by atoms with Crippen molar-refractivity contribution in [1.82, 2.24) is 0 Å². The zero-order valence-electron chi connectivity index (χ0n) is 13.8. The number of ether oxygens (including phenoxy) is 1. The van der Waals surface area contributed by atoms with E-state index >= 15 is 0 Å². The van der Waals surface area contributed by atoms with E-state index in [0.29, 0.717) is 10.5 Å². The Morgan fingerprint density at radius 2 is 1.35 bits per heavy atom. The molecule has 127 valence electrons. The van der Waals surface area contributed by atoms with Crippen molar-refractivity contribution in [3.8, 4) is 0 Å². The van der Waals surface area contributed by atoms with Crippen LogP contribution in [0.5, 0.6) is 0 Å². The van der Waals surface area contributed by atoms with Crippen LogP contribution >= 0.6 is 0 Å². The first kappa shape index (κ1) is 18.5. The number of hydrogen-bond donors (Lipinski definition) is 0. The van der Waals surface area contributed by atoms with E-state index in [2.05, 4.69) is 21.0 Å². The summed E-state index contributed by atoms with van der Waals surface area (Å²) < 4.78 is 19.0. The van der Waals surface area contributed by atoms with Gasteiger partial charge in [-0.25, -0.2) is 0 Å². The van der Waals surface area contributed by atoms with Gasteiger partial charge in [0.2, 0.25) is 0 Å². The second kappa shape index (κ2) is 10.8. The molecule has 0 N–H and O–H groups in total. The van der Waals surface area contributed by atoms with E-state index < -0.39 is 0 Å². The maximum atomic E-state index is 12.9. The molecule has 2 nitrogen and oxygen atoms in total. The van der Waals surface area contributed by atoms with Crippen LogP contribution in [0.15, 0.2) is 29.3 Å². The van der Waals surface area contributed by atoms with Crippen LogP contribution in [0.2, 0.25) is 0 Å². The monoisotopic (exact) mass is 384 g/mol. The van der Waals surface area contributed by atoms with E-state index in [0.717, 1.165) is 12.8 Å². The molecule has 0 amide bonds. The van der Waals surface area contributed by atoms with Gasteiger partial charge in [-0.15, -0.1) is 0 Å². The summed E-state index contributed by atoms with van der Waals surface area (Å²) in [4.78, 5) is 4.96. The average molecular weight is 383 g/mol. The Labute approximate surface area is 147 Å². The number of halogens is 1. The van der Waals surface area contributed by atoms with Crippen molar-refractivity contribution in [3.05, 3.63) is 30.1 Å². The Balaban J connectivity index is 1.87. The van der Waals surface area contributed by atoms with Crippen LogP contribution in [0.1, 0.15) is 70.6 Å². The fraction of sp³-hybridized carbons (Fsp3) is 0.632. The van der Waals surface area contributed by atoms with Gasteiger partial charge in [0, 0.05) is 0 Å². The molecule has 0 bridgehead atoms. The van der Waals surface area contributed by atoms with Crippen molar-refractivity contribution < 1.29 is 9.13 Å². The molecule has 4 heteroatoms. The predicted molar refractivity (Wildman–Crippen MR) is 94.9 cm³/mol. The third-order valence-corrected chi connectivity index (χ3v) is 4.76. The summed E-state index contributed by atoms with van der Waals surface area (Å²) in [5, 5.41) is 0. The fourth-order valence-corrected chi connectivity index (χ4v) is 3.54. The minimum absolute atomic E-state index is 0.245. The molecule has 2 rings (SSSR count). The number of aliphatic imine (C=N–C) groups is 1. The van der Waals surface area contributed by atoms with Crippen LogP contribution < -0.4 is 0 Å². The molecule has 0 spiro atoms. The van der Waals surface area contributed by atoms with E-state index in [-0.39, 0.29) is 11.9 Å². The van der Waals surface area contributed by atoms with Gasteiger partial charge >= 0.3 is 147 Å². The second-order valence-electron chi connectivity index (χ2n) is 6.35. The molecule has 1 radical (unpaired) electrons. The van der Waals surface area contributed by atoms with Gasteiger partial charge in [-0.2, -0.15) is 0 Å². The number of hydrogen-bond acceptors (Lipinski definition) is 2. The number of benzene rings is 1. The molecular weight excluding hydrogens is 356 g/mol. The van der Waals surface area contributed by atoms with Crippen LogP contribution in [-0.4, -0.2) is 26.9 Å². The Morgan fingerprint density at radius 1 is 0.870 bits per heavy atom. The third-order valence-electron chi connectivity index (χ3n) is 4.37. The molecule has 1 aromatic carbocycles. The van der Waals surface area contributed by atoms with Gasteiger partial charge in [0.25, 0.3) is 0 Å². The Kier molecular flexibility index (Phi) is 8.70. The first-order valence-corrected chi connectivity index (χ1v) is 9.77. The van der Waals surface area contributed by atoms with Crippen LogP contribution in [0, 0.1) is 5.82 Å². The SMILES string of the molecule is Fc1ccc(N=C([Se])OC2CCCCCCCCCCC2)cc1. The van der Waals surface area contributed by atoms with Crippen molar-refractivity contribution >= 4 is 26.5 Å². The maximum absolute atomic E-state index is 12.9. The van der Waals surface area contributed by atoms with Crippen LogP contribution in [-0.2, 0) is 4.74 Å². The van der Waals surface area contributed by atoms with Gasteiger partial charge in [0.05, 0.1) is 0 Å². The summed E-state index contributed by atoms with van der Waals surface area (Å²) in [6, 6.07) is 6.16. The summed E-state index contributed by atoms with van der Waals surface area (Å²) >= 11 is 2.91. The van der Waals surface area contributed by atoms with E-state index in [1.807, 2.05) is 0 Å². The zero-order valence-corrected chi connectivity index (χ0v) is 15.5. The molecular formula is C19H27FNOSe. The van der Waals surface area contributed by atoms with Crippen molar-refractivity contribution in [3.63, 3.8) is 0 Å². The molecule has 0 unspecified atom stereocenters. The topological polar surface area (TPSA) is 21.6 Å². The molecule has 0 heterocycles. The average Bonchev–Trinajstić information content (AvgIpc) is 2.52. The molecule has 1 aliphatic carbocycles. The Hall–Kier alpha value is -0.861. The van der Waals surface area contributed by atoms with Gasteiger partial charge in [-0.3, -0.25) is 0 Å². The predicted octanol–water partition coefficient (Wildman–Crippen LogP) is 5.67. The third kappa shape index (κ3) is 7.99. The molecule has 0 atom stereocenters. The summed E-state index contributed by atoms with van der Waals surface area (Å²) in [6.45, 7) is 0. The summed E-state index contributed by atoms with van der Waals surface area (Å²) in [7, 11) is 0. The fourth-order valence-electron chi connectivity index (χ4n) is 3.03. The van der Waals surface area contributed by atoms with Crippen molar-refractivity contribution in [2.24, 2.45) is 4.99 Å². The van der Waals surface area contributed by atoms with E-state index in [9.17, 15) is 4.39 Å². The van der Waals surface area contributed by atoms with Crippen molar-refractivity contribution in [1.29, 1.82) is 0 Å². The summed E-state index contributed by atoms with van der Waals surface area (Å²) in [6.07, 6.45) is 14.4. The van der Waals surface area contributed by atoms with Crippen LogP contribution in [0.25, 0.3) is 0 Å². The zero-order chi connectivity index (χ0) is 16.3. The van der Waals surface area contributed by atoms with Gasteiger partial charge in [-0.05, 0) is 0 Å². The second-order valence-corrected chi connectivity index (χ2v) is 7.09. The molecule has 1 saturated carbocycles. The summed E-state index contributed by atoms with van der Waals surface area (Å²) in [5.41, 5.74) is 0.716. The molecule has 0 aliphatic heterocycles. The first-order chi connectivity index (χ1) is 11.2. The molecule has 1 aliphatic rings. The van der Waals surface area contributed by atoms with Crippen LogP contribution in [0.3, 0.4) is 0 Å². The van der Waals surface area contributed by atoms with E-state index in [4.69, 9.17) is 4.74 Å². The van der Waals surface area contributed by atoms with Crippen LogP contribution in [0.4, 0.5) is 10.1 Å². The molecule has 1 fully saturated rings. The van der Waals surface area contributed by atoms with Gasteiger partial charge < -0.3 is 0 Å². The molecule has 0 saturated heterocycles. The van der Waals surface area contributed by atoms with Gasteiger partial charge in [0.1, 0.15) is 0 Å². The van der Waals surface area contributed by atoms with Gasteiger partial charge in [0.15, 0.2) is 0 Å². The van der Waals surface area contributed by atoms with E-state index in [1.54, 1.807) is 12.1 Å². The minimum atomic E-state index is -0.245. The summed E-state index contributed by atoms with van der Waals surface area (Å²) in [5.74, 6) is -0.245. The molecule has 1 aromatic rings.